The molecular weight excluding hydrogens is 174 g/mol. The first-order chi connectivity index (χ1) is 6.02. The van der Waals surface area contributed by atoms with E-state index in [-0.39, 0.29) is 18.7 Å². The maximum absolute atomic E-state index is 10.8. The van der Waals surface area contributed by atoms with Crippen LogP contribution in [0.5, 0.6) is 0 Å². The molecule has 0 amide bonds. The molecule has 0 bridgehead atoms. The third kappa shape index (κ3) is 2.47. The van der Waals surface area contributed by atoms with Crippen molar-refractivity contribution in [1.29, 1.82) is 0 Å². The second-order valence-corrected chi connectivity index (χ2v) is 3.47. The number of Topliss-reactive ketones (excluding diaryl/α,β-unsaturated/α-hetero) is 1. The van der Waals surface area contributed by atoms with Crippen LogP contribution in [0.1, 0.15) is 13.3 Å². The molecule has 0 aliphatic carbocycles. The van der Waals surface area contributed by atoms with E-state index < -0.39 is 24.4 Å². The number of piperidine rings is 1. The summed E-state index contributed by atoms with van der Waals surface area (Å²) < 4.78 is 0. The predicted octanol–water partition coefficient (Wildman–Crippen LogP) is -1.98. The fourth-order valence-corrected chi connectivity index (χ4v) is 1.48. The first-order valence-corrected chi connectivity index (χ1v) is 4.29. The Hall–Kier alpha value is -0.490. The van der Waals surface area contributed by atoms with E-state index in [2.05, 4.69) is 5.32 Å². The Morgan fingerprint density at radius 3 is 2.54 bits per heavy atom. The molecule has 0 aromatic heterocycles. The van der Waals surface area contributed by atoms with Crippen LogP contribution in [0.3, 0.4) is 0 Å². The van der Waals surface area contributed by atoms with Crippen molar-refractivity contribution in [3.05, 3.63) is 0 Å². The lowest BCUT2D eigenvalue weighted by atomic mass is 9.93. The molecule has 1 heterocycles. The average molecular weight is 189 g/mol. The zero-order chi connectivity index (χ0) is 10.0. The minimum atomic E-state index is -1.16. The molecule has 1 aliphatic heterocycles. The van der Waals surface area contributed by atoms with Gasteiger partial charge in [-0.3, -0.25) is 4.79 Å². The van der Waals surface area contributed by atoms with Crippen molar-refractivity contribution >= 4 is 5.78 Å². The number of aliphatic hydroxyl groups is 3. The molecule has 0 aromatic rings. The number of carbonyl (C=O) groups is 1. The highest BCUT2D eigenvalue weighted by atomic mass is 16.4. The van der Waals surface area contributed by atoms with Crippen LogP contribution >= 0.6 is 0 Å². The molecule has 5 nitrogen and oxygen atoms in total. The van der Waals surface area contributed by atoms with E-state index in [1.54, 1.807) is 0 Å². The topological polar surface area (TPSA) is 89.8 Å². The van der Waals surface area contributed by atoms with Gasteiger partial charge < -0.3 is 20.6 Å². The maximum Gasteiger partial charge on any atom is 0.131 e. The number of hydrogen-bond donors (Lipinski definition) is 4. The Bertz CT molecular complexity index is 197. The van der Waals surface area contributed by atoms with E-state index in [0.29, 0.717) is 0 Å². The minimum absolute atomic E-state index is 0.0554. The van der Waals surface area contributed by atoms with Gasteiger partial charge in [0, 0.05) is 19.0 Å². The van der Waals surface area contributed by atoms with E-state index in [1.807, 2.05) is 0 Å². The minimum Gasteiger partial charge on any atom is -0.389 e. The van der Waals surface area contributed by atoms with E-state index >= 15 is 0 Å². The standard InChI is InChI=1S/C8H15NO4/c1-4(10)2-5-7(12)8(13)6(11)3-9-5/h5-9,11-13H,2-3H2,1H3/t5-,6+,7-,8+/m0/s1. The summed E-state index contributed by atoms with van der Waals surface area (Å²) in [7, 11) is 0. The van der Waals surface area contributed by atoms with Crippen LogP contribution in [0.4, 0.5) is 0 Å². The fraction of sp³-hybridized carbons (Fsp3) is 0.875. The quantitative estimate of drug-likeness (QED) is 0.404. The first kappa shape index (κ1) is 10.6. The Balaban J connectivity index is 2.53. The SMILES string of the molecule is CC(=O)C[C@@H]1NC[C@@H](O)[C@@H](O)[C@H]1O. The summed E-state index contributed by atoms with van der Waals surface area (Å²) in [6, 6.07) is -0.448. The Morgan fingerprint density at radius 2 is 2.00 bits per heavy atom. The molecule has 0 unspecified atom stereocenters. The Kier molecular flexibility index (Phi) is 3.38. The smallest absolute Gasteiger partial charge is 0.131 e. The zero-order valence-corrected chi connectivity index (χ0v) is 7.47. The van der Waals surface area contributed by atoms with Gasteiger partial charge in [0.1, 0.15) is 11.9 Å². The molecular formula is C8H15NO4. The molecule has 5 heteroatoms. The summed E-state index contributed by atoms with van der Waals surface area (Å²) in [5.41, 5.74) is 0. The number of hydrogen-bond acceptors (Lipinski definition) is 5. The van der Waals surface area contributed by atoms with Crippen molar-refractivity contribution in [1.82, 2.24) is 5.32 Å². The van der Waals surface area contributed by atoms with Gasteiger partial charge in [0.25, 0.3) is 0 Å². The molecule has 4 atom stereocenters. The maximum atomic E-state index is 10.8. The first-order valence-electron chi connectivity index (χ1n) is 4.29. The second-order valence-electron chi connectivity index (χ2n) is 3.47. The van der Waals surface area contributed by atoms with Gasteiger partial charge in [-0.2, -0.15) is 0 Å². The summed E-state index contributed by atoms with van der Waals surface area (Å²) in [6.45, 7) is 1.63. The highest BCUT2D eigenvalue weighted by Crippen LogP contribution is 2.13. The van der Waals surface area contributed by atoms with Crippen LogP contribution in [0, 0.1) is 0 Å². The van der Waals surface area contributed by atoms with Crippen molar-refractivity contribution in [3.8, 4) is 0 Å². The van der Waals surface area contributed by atoms with Crippen molar-refractivity contribution in [2.75, 3.05) is 6.54 Å². The number of aliphatic hydroxyl groups excluding tert-OH is 3. The number of β-amino-alcohol motifs (C(OH)–C–C–N with tert-alkyl or cyclic N) is 1. The van der Waals surface area contributed by atoms with Gasteiger partial charge in [0.15, 0.2) is 0 Å². The van der Waals surface area contributed by atoms with Crippen LogP contribution < -0.4 is 5.32 Å². The van der Waals surface area contributed by atoms with Gasteiger partial charge >= 0.3 is 0 Å². The van der Waals surface area contributed by atoms with Gasteiger partial charge in [-0.15, -0.1) is 0 Å². The molecule has 0 saturated carbocycles. The molecule has 0 radical (unpaired) electrons. The van der Waals surface area contributed by atoms with Gasteiger partial charge in [0.05, 0.1) is 12.2 Å². The van der Waals surface area contributed by atoms with Crippen LogP contribution in [0.2, 0.25) is 0 Å². The Labute approximate surface area is 76.4 Å². The number of carbonyl (C=O) groups excluding carboxylic acids is 1. The van der Waals surface area contributed by atoms with Crippen LogP contribution in [0.25, 0.3) is 0 Å². The molecule has 76 valence electrons. The number of ketones is 1. The van der Waals surface area contributed by atoms with E-state index in [1.165, 1.54) is 6.92 Å². The predicted molar refractivity (Wildman–Crippen MR) is 45.1 cm³/mol. The number of rotatable bonds is 2. The lowest BCUT2D eigenvalue weighted by molar-refractivity contribution is -0.123. The molecule has 1 aliphatic rings. The zero-order valence-electron chi connectivity index (χ0n) is 7.47. The van der Waals surface area contributed by atoms with Gasteiger partial charge in [-0.1, -0.05) is 0 Å². The lowest BCUT2D eigenvalue weighted by Gasteiger charge is -2.35. The molecule has 1 saturated heterocycles. The van der Waals surface area contributed by atoms with Crippen molar-refractivity contribution in [3.63, 3.8) is 0 Å². The monoisotopic (exact) mass is 189 g/mol. The third-order valence-electron chi connectivity index (χ3n) is 2.25. The molecule has 0 aromatic carbocycles. The van der Waals surface area contributed by atoms with Crippen molar-refractivity contribution < 1.29 is 20.1 Å². The summed E-state index contributed by atoms with van der Waals surface area (Å²) in [6.07, 6.45) is -3.03. The molecule has 0 spiro atoms. The third-order valence-corrected chi connectivity index (χ3v) is 2.25. The van der Waals surface area contributed by atoms with Gasteiger partial charge in [0.2, 0.25) is 0 Å². The van der Waals surface area contributed by atoms with E-state index in [9.17, 15) is 15.0 Å². The second kappa shape index (κ2) is 4.15. The van der Waals surface area contributed by atoms with Crippen LogP contribution in [-0.4, -0.2) is 52.0 Å². The Morgan fingerprint density at radius 1 is 1.38 bits per heavy atom. The average Bonchev–Trinajstić information content (AvgIpc) is 2.06. The summed E-state index contributed by atoms with van der Waals surface area (Å²) in [5, 5.41) is 30.7. The highest BCUT2D eigenvalue weighted by molar-refractivity contribution is 5.76. The molecule has 13 heavy (non-hydrogen) atoms. The highest BCUT2D eigenvalue weighted by Gasteiger charge is 2.36. The van der Waals surface area contributed by atoms with E-state index in [0.717, 1.165) is 0 Å². The van der Waals surface area contributed by atoms with Crippen molar-refractivity contribution in [2.45, 2.75) is 37.7 Å². The molecule has 1 fully saturated rings. The largest absolute Gasteiger partial charge is 0.389 e. The normalized spacial score (nSPS) is 40.3. The number of nitrogens with one attached hydrogen (secondary N) is 1. The summed E-state index contributed by atoms with van der Waals surface area (Å²) in [4.78, 5) is 10.8. The summed E-state index contributed by atoms with van der Waals surface area (Å²) >= 11 is 0. The molecule has 4 N–H and O–H groups in total. The summed E-state index contributed by atoms with van der Waals surface area (Å²) in [5.74, 6) is -0.0554. The molecule has 1 rings (SSSR count). The van der Waals surface area contributed by atoms with Crippen LogP contribution in [-0.2, 0) is 4.79 Å². The van der Waals surface area contributed by atoms with Gasteiger partial charge in [-0.05, 0) is 6.92 Å². The van der Waals surface area contributed by atoms with E-state index in [4.69, 9.17) is 5.11 Å². The van der Waals surface area contributed by atoms with Crippen LogP contribution in [0.15, 0.2) is 0 Å². The lowest BCUT2D eigenvalue weighted by Crippen LogP contribution is -2.59. The fourth-order valence-electron chi connectivity index (χ4n) is 1.48. The van der Waals surface area contributed by atoms with Crippen molar-refractivity contribution in [2.24, 2.45) is 0 Å². The van der Waals surface area contributed by atoms with Gasteiger partial charge in [-0.25, -0.2) is 0 Å².